The van der Waals surface area contributed by atoms with Crippen molar-refractivity contribution >= 4 is 11.4 Å². The fourth-order valence-electron chi connectivity index (χ4n) is 7.45. The maximum atomic E-state index is 5.66. The Morgan fingerprint density at radius 2 is 1.84 bits per heavy atom. The molecule has 25 heavy (non-hydrogen) atoms. The Morgan fingerprint density at radius 3 is 2.56 bits per heavy atom. The van der Waals surface area contributed by atoms with Crippen LogP contribution in [0.3, 0.4) is 0 Å². The Morgan fingerprint density at radius 1 is 1.04 bits per heavy atom. The van der Waals surface area contributed by atoms with Gasteiger partial charge in [-0.3, -0.25) is 0 Å². The van der Waals surface area contributed by atoms with Gasteiger partial charge in [0.05, 0.1) is 5.71 Å². The Hall–Kier alpha value is -1.32. The molecule has 4 aliphatic rings. The van der Waals surface area contributed by atoms with Crippen LogP contribution >= 0.6 is 0 Å². The summed E-state index contributed by atoms with van der Waals surface area (Å²) in [4.78, 5) is 0. The van der Waals surface area contributed by atoms with Gasteiger partial charge in [0, 0.05) is 11.6 Å². The highest BCUT2D eigenvalue weighted by atomic mass is 15.1. The number of nitrogens with zero attached hydrogens (tertiary/aromatic N) is 2. The molecule has 0 saturated heterocycles. The molecule has 3 fully saturated rings. The van der Waals surface area contributed by atoms with Crippen LogP contribution in [0.1, 0.15) is 72.1 Å². The molecule has 0 aromatic heterocycles. The molecular formula is C21H34N4. The Kier molecular flexibility index (Phi) is 4.01. The van der Waals surface area contributed by atoms with Crippen molar-refractivity contribution in [2.24, 2.45) is 56.4 Å². The first-order chi connectivity index (χ1) is 11.9. The van der Waals surface area contributed by atoms with Crippen molar-refractivity contribution < 1.29 is 0 Å². The SMILES string of the molecule is C/C(=N/N)[C@H]1CC[C@H]2[C@H]3CCC4=C/C(=N/N)CC[C@@]4(C)[C@@H]3CC[C@]12C. The van der Waals surface area contributed by atoms with Crippen molar-refractivity contribution in [2.45, 2.75) is 72.1 Å². The summed E-state index contributed by atoms with van der Waals surface area (Å²) in [5, 5.41) is 8.08. The predicted molar refractivity (Wildman–Crippen MR) is 104 cm³/mol. The van der Waals surface area contributed by atoms with E-state index >= 15 is 0 Å². The van der Waals surface area contributed by atoms with Gasteiger partial charge >= 0.3 is 0 Å². The van der Waals surface area contributed by atoms with Crippen molar-refractivity contribution in [3.8, 4) is 0 Å². The van der Waals surface area contributed by atoms with E-state index in [4.69, 9.17) is 11.7 Å². The highest BCUT2D eigenvalue weighted by Crippen LogP contribution is 2.66. The minimum absolute atomic E-state index is 0.369. The molecule has 138 valence electrons. The summed E-state index contributed by atoms with van der Waals surface area (Å²) in [7, 11) is 0. The zero-order valence-corrected chi connectivity index (χ0v) is 16.1. The van der Waals surface area contributed by atoms with Gasteiger partial charge in [0.25, 0.3) is 0 Å². The van der Waals surface area contributed by atoms with Crippen LogP contribution in [0, 0.1) is 34.5 Å². The minimum Gasteiger partial charge on any atom is -0.323 e. The van der Waals surface area contributed by atoms with Crippen LogP contribution < -0.4 is 11.7 Å². The van der Waals surface area contributed by atoms with Gasteiger partial charge in [-0.2, -0.15) is 10.2 Å². The standard InChI is InChI=1S/C21H34N4/c1-13(24-22)17-6-7-18-16-5-4-14-12-15(25-23)8-10-20(14,2)19(16)9-11-21(17,18)3/h12,16-19H,4-11,22-23H2,1-3H3/b24-13-,25-15+/t16-,17-,18+,19-,20-,21-/m1/s1. The molecule has 4 heteroatoms. The van der Waals surface area contributed by atoms with E-state index in [0.29, 0.717) is 16.7 Å². The molecule has 0 radical (unpaired) electrons. The number of hydrogen-bond acceptors (Lipinski definition) is 4. The summed E-state index contributed by atoms with van der Waals surface area (Å²) < 4.78 is 0. The smallest absolute Gasteiger partial charge is 0.0600 e. The van der Waals surface area contributed by atoms with E-state index in [9.17, 15) is 0 Å². The summed E-state index contributed by atoms with van der Waals surface area (Å²) in [5.74, 6) is 14.4. The summed E-state index contributed by atoms with van der Waals surface area (Å²) >= 11 is 0. The molecule has 0 heterocycles. The monoisotopic (exact) mass is 342 g/mol. The number of hydrazone groups is 2. The van der Waals surface area contributed by atoms with E-state index in [1.54, 1.807) is 5.57 Å². The molecule has 4 rings (SSSR count). The first-order valence-corrected chi connectivity index (χ1v) is 10.2. The maximum Gasteiger partial charge on any atom is 0.0600 e. The second-order valence-electron chi connectivity index (χ2n) is 9.57. The second kappa shape index (κ2) is 5.85. The number of nitrogens with two attached hydrogens (primary N) is 2. The lowest BCUT2D eigenvalue weighted by molar-refractivity contribution is -0.0407. The van der Waals surface area contributed by atoms with Crippen LogP contribution in [0.25, 0.3) is 0 Å². The zero-order valence-electron chi connectivity index (χ0n) is 16.1. The fourth-order valence-corrected chi connectivity index (χ4v) is 7.45. The molecule has 4 aliphatic carbocycles. The topological polar surface area (TPSA) is 76.8 Å². The van der Waals surface area contributed by atoms with Crippen molar-refractivity contribution in [1.29, 1.82) is 0 Å². The number of allylic oxidation sites excluding steroid dienone is 2. The molecule has 0 aliphatic heterocycles. The molecule has 0 amide bonds. The Balaban J connectivity index is 1.65. The number of rotatable bonds is 1. The molecule has 0 aromatic rings. The molecule has 4 nitrogen and oxygen atoms in total. The van der Waals surface area contributed by atoms with Gasteiger partial charge in [0.15, 0.2) is 0 Å². The molecule has 0 bridgehead atoms. The van der Waals surface area contributed by atoms with Crippen LogP contribution in [0.5, 0.6) is 0 Å². The van der Waals surface area contributed by atoms with Gasteiger partial charge in [0.2, 0.25) is 0 Å². The molecule has 0 spiro atoms. The molecular weight excluding hydrogens is 308 g/mol. The molecule has 0 aromatic carbocycles. The van der Waals surface area contributed by atoms with Gasteiger partial charge in [-0.1, -0.05) is 19.4 Å². The van der Waals surface area contributed by atoms with Crippen molar-refractivity contribution in [3.05, 3.63) is 11.6 Å². The van der Waals surface area contributed by atoms with Gasteiger partial charge in [0.1, 0.15) is 0 Å². The lowest BCUT2D eigenvalue weighted by Crippen LogP contribution is -2.51. The van der Waals surface area contributed by atoms with Crippen LogP contribution in [0.4, 0.5) is 0 Å². The van der Waals surface area contributed by atoms with Crippen LogP contribution in [0.15, 0.2) is 21.9 Å². The van der Waals surface area contributed by atoms with Crippen molar-refractivity contribution in [3.63, 3.8) is 0 Å². The lowest BCUT2D eigenvalue weighted by atomic mass is 9.46. The summed E-state index contributed by atoms with van der Waals surface area (Å²) in [5.41, 5.74) is 4.68. The summed E-state index contributed by atoms with van der Waals surface area (Å²) in [6, 6.07) is 0. The molecule has 0 unspecified atom stereocenters. The fraction of sp³-hybridized carbons (Fsp3) is 0.810. The van der Waals surface area contributed by atoms with Crippen LogP contribution in [-0.4, -0.2) is 11.4 Å². The molecule has 6 atom stereocenters. The Labute approximate surface area is 152 Å². The van der Waals surface area contributed by atoms with Crippen molar-refractivity contribution in [1.82, 2.24) is 0 Å². The van der Waals surface area contributed by atoms with Crippen molar-refractivity contribution in [2.75, 3.05) is 0 Å². The highest BCUT2D eigenvalue weighted by Gasteiger charge is 2.59. The molecule has 3 saturated carbocycles. The van der Waals surface area contributed by atoms with E-state index in [1.807, 2.05) is 0 Å². The number of hydrogen-bond donors (Lipinski definition) is 2. The van der Waals surface area contributed by atoms with E-state index < -0.39 is 0 Å². The first-order valence-electron chi connectivity index (χ1n) is 10.2. The second-order valence-corrected chi connectivity index (χ2v) is 9.57. The third-order valence-electron chi connectivity index (χ3n) is 8.85. The maximum absolute atomic E-state index is 5.66. The van der Waals surface area contributed by atoms with E-state index in [-0.39, 0.29) is 0 Å². The van der Waals surface area contributed by atoms with Crippen LogP contribution in [-0.2, 0) is 0 Å². The van der Waals surface area contributed by atoms with Gasteiger partial charge in [-0.05, 0) is 93.0 Å². The average molecular weight is 343 g/mol. The van der Waals surface area contributed by atoms with E-state index in [0.717, 1.165) is 29.9 Å². The molecule has 4 N–H and O–H groups in total. The average Bonchev–Trinajstić information content (AvgIpc) is 2.97. The first kappa shape index (κ1) is 17.1. The number of fused-ring (bicyclic) bond motifs is 5. The minimum atomic E-state index is 0.369. The van der Waals surface area contributed by atoms with Gasteiger partial charge < -0.3 is 11.7 Å². The third kappa shape index (κ3) is 2.32. The zero-order chi connectivity index (χ0) is 17.8. The van der Waals surface area contributed by atoms with Gasteiger partial charge in [-0.15, -0.1) is 0 Å². The Bertz CT molecular complexity index is 648. The lowest BCUT2D eigenvalue weighted by Gasteiger charge is -2.58. The third-order valence-corrected chi connectivity index (χ3v) is 8.85. The highest BCUT2D eigenvalue weighted by molar-refractivity contribution is 5.96. The summed E-state index contributed by atoms with van der Waals surface area (Å²) in [6.07, 6.45) is 12.5. The predicted octanol–water partition coefficient (Wildman–Crippen LogP) is 4.21. The quantitative estimate of drug-likeness (QED) is 0.425. The summed E-state index contributed by atoms with van der Waals surface area (Å²) in [6.45, 7) is 7.21. The normalized spacial score (nSPS) is 48.5. The van der Waals surface area contributed by atoms with E-state index in [1.165, 1.54) is 50.7 Å². The van der Waals surface area contributed by atoms with Gasteiger partial charge in [-0.25, -0.2) is 0 Å². The largest absolute Gasteiger partial charge is 0.323 e. The van der Waals surface area contributed by atoms with Crippen LogP contribution in [0.2, 0.25) is 0 Å². The van der Waals surface area contributed by atoms with E-state index in [2.05, 4.69) is 37.1 Å².